The Morgan fingerprint density at radius 3 is 2.81 bits per heavy atom. The Bertz CT molecular complexity index is 652. The first-order chi connectivity index (χ1) is 13.1. The first-order valence-electron chi connectivity index (χ1n) is 10.2. The smallest absolute Gasteiger partial charge is 0.317 e. The van der Waals surface area contributed by atoms with Gasteiger partial charge in [-0.2, -0.15) is 4.98 Å². The Kier molecular flexibility index (Phi) is 5.36. The molecule has 1 aromatic rings. The third-order valence-corrected chi connectivity index (χ3v) is 6.65. The fraction of sp³-hybridized carbons (Fsp3) is 0.842. The second-order valence-electron chi connectivity index (χ2n) is 8.47. The van der Waals surface area contributed by atoms with Crippen molar-refractivity contribution in [3.05, 3.63) is 11.7 Å². The molecule has 3 heterocycles. The highest BCUT2D eigenvalue weighted by molar-refractivity contribution is 5.74. The molecule has 1 atom stereocenters. The van der Waals surface area contributed by atoms with E-state index in [-0.39, 0.29) is 17.5 Å². The van der Waals surface area contributed by atoms with Gasteiger partial charge in [-0.3, -0.25) is 4.90 Å². The zero-order chi connectivity index (χ0) is 18.9. The predicted octanol–water partition coefficient (Wildman–Crippen LogP) is 2.15. The van der Waals surface area contributed by atoms with Crippen molar-refractivity contribution in [2.45, 2.75) is 50.5 Å². The standard InChI is InChI=1S/C19H31N5O3/c1-23-13-19(6-9-24(10-7-19)18(25)20-8-11-26-2)12-15(23)16-21-17(27-22-16)14-4-3-5-14/h14-15H,3-13H2,1-2H3,(H,20,25). The van der Waals surface area contributed by atoms with Crippen LogP contribution in [0.1, 0.15) is 62.2 Å². The number of carbonyl (C=O) groups excluding carboxylic acids is 1. The fourth-order valence-corrected chi connectivity index (χ4v) is 4.68. The van der Waals surface area contributed by atoms with Gasteiger partial charge in [0.15, 0.2) is 5.82 Å². The van der Waals surface area contributed by atoms with Gasteiger partial charge >= 0.3 is 6.03 Å². The van der Waals surface area contributed by atoms with Gasteiger partial charge in [-0.25, -0.2) is 4.79 Å². The predicted molar refractivity (Wildman–Crippen MR) is 99.4 cm³/mol. The summed E-state index contributed by atoms with van der Waals surface area (Å²) in [6, 6.07) is 0.248. The Morgan fingerprint density at radius 1 is 1.37 bits per heavy atom. The van der Waals surface area contributed by atoms with Gasteiger partial charge in [-0.05, 0) is 44.6 Å². The average Bonchev–Trinajstić information content (AvgIpc) is 3.19. The molecule has 1 unspecified atom stereocenters. The number of methoxy groups -OCH3 is 1. The average molecular weight is 377 g/mol. The Hall–Kier alpha value is -1.67. The van der Waals surface area contributed by atoms with Gasteiger partial charge in [-0.1, -0.05) is 11.6 Å². The maximum Gasteiger partial charge on any atom is 0.317 e. The molecule has 1 spiro atoms. The van der Waals surface area contributed by atoms with Crippen LogP contribution in [-0.2, 0) is 4.74 Å². The van der Waals surface area contributed by atoms with Crippen molar-refractivity contribution in [1.82, 2.24) is 25.3 Å². The number of carbonyl (C=O) groups is 1. The van der Waals surface area contributed by atoms with E-state index < -0.39 is 0 Å². The summed E-state index contributed by atoms with van der Waals surface area (Å²) in [6.07, 6.45) is 6.72. The van der Waals surface area contributed by atoms with Crippen LogP contribution >= 0.6 is 0 Å². The van der Waals surface area contributed by atoms with Crippen LogP contribution in [0.25, 0.3) is 0 Å². The van der Waals surface area contributed by atoms with Crippen molar-refractivity contribution in [2.75, 3.05) is 46.9 Å². The topological polar surface area (TPSA) is 83.7 Å². The van der Waals surface area contributed by atoms with Crippen molar-refractivity contribution < 1.29 is 14.1 Å². The highest BCUT2D eigenvalue weighted by Crippen LogP contribution is 2.48. The molecule has 1 N–H and O–H groups in total. The fourth-order valence-electron chi connectivity index (χ4n) is 4.68. The third kappa shape index (κ3) is 3.82. The van der Waals surface area contributed by atoms with E-state index in [2.05, 4.69) is 22.4 Å². The molecule has 2 amide bonds. The van der Waals surface area contributed by atoms with Crippen molar-refractivity contribution in [3.8, 4) is 0 Å². The van der Waals surface area contributed by atoms with E-state index in [1.54, 1.807) is 7.11 Å². The van der Waals surface area contributed by atoms with Gasteiger partial charge in [0.25, 0.3) is 0 Å². The van der Waals surface area contributed by atoms with Crippen LogP contribution < -0.4 is 5.32 Å². The molecule has 0 bridgehead atoms. The minimum Gasteiger partial charge on any atom is -0.383 e. The second-order valence-corrected chi connectivity index (χ2v) is 8.47. The number of nitrogens with one attached hydrogen (secondary N) is 1. The van der Waals surface area contributed by atoms with E-state index in [9.17, 15) is 4.79 Å². The van der Waals surface area contributed by atoms with Gasteiger partial charge in [-0.15, -0.1) is 0 Å². The lowest BCUT2D eigenvalue weighted by molar-refractivity contribution is 0.120. The summed E-state index contributed by atoms with van der Waals surface area (Å²) in [5.41, 5.74) is 0.250. The van der Waals surface area contributed by atoms with Crippen molar-refractivity contribution in [2.24, 2.45) is 5.41 Å². The van der Waals surface area contributed by atoms with Crippen molar-refractivity contribution in [3.63, 3.8) is 0 Å². The number of hydrogen-bond acceptors (Lipinski definition) is 6. The molecule has 1 aromatic heterocycles. The molecule has 4 rings (SSSR count). The van der Waals surface area contributed by atoms with E-state index in [0.29, 0.717) is 19.1 Å². The minimum absolute atomic E-state index is 0.0214. The van der Waals surface area contributed by atoms with Crippen molar-refractivity contribution >= 4 is 6.03 Å². The number of nitrogens with zero attached hydrogens (tertiary/aromatic N) is 4. The summed E-state index contributed by atoms with van der Waals surface area (Å²) in [7, 11) is 3.80. The van der Waals surface area contributed by atoms with E-state index >= 15 is 0 Å². The first kappa shape index (κ1) is 18.7. The molecule has 2 saturated heterocycles. The highest BCUT2D eigenvalue weighted by Gasteiger charge is 2.46. The van der Waals surface area contributed by atoms with Crippen LogP contribution in [0.2, 0.25) is 0 Å². The quantitative estimate of drug-likeness (QED) is 0.792. The van der Waals surface area contributed by atoms with Crippen LogP contribution in [0.3, 0.4) is 0 Å². The molecule has 8 heteroatoms. The van der Waals surface area contributed by atoms with Crippen LogP contribution in [0.4, 0.5) is 4.79 Å². The van der Waals surface area contributed by atoms with Crippen LogP contribution in [0.5, 0.6) is 0 Å². The highest BCUT2D eigenvalue weighted by atomic mass is 16.5. The monoisotopic (exact) mass is 377 g/mol. The molecule has 0 radical (unpaired) electrons. The zero-order valence-corrected chi connectivity index (χ0v) is 16.4. The summed E-state index contributed by atoms with van der Waals surface area (Å²) in [5.74, 6) is 2.15. The Morgan fingerprint density at radius 2 is 2.15 bits per heavy atom. The van der Waals surface area contributed by atoms with E-state index in [0.717, 1.165) is 50.6 Å². The Labute approximate surface area is 160 Å². The normalized spacial score (nSPS) is 25.7. The summed E-state index contributed by atoms with van der Waals surface area (Å²) >= 11 is 0. The molecular formula is C19H31N5O3. The molecule has 1 aliphatic carbocycles. The second kappa shape index (κ2) is 7.75. The molecule has 8 nitrogen and oxygen atoms in total. The number of likely N-dealkylation sites (tertiary alicyclic amines) is 2. The largest absolute Gasteiger partial charge is 0.383 e. The zero-order valence-electron chi connectivity index (χ0n) is 16.4. The summed E-state index contributed by atoms with van der Waals surface area (Å²) < 4.78 is 10.5. The molecule has 3 aliphatic rings. The molecule has 150 valence electrons. The molecule has 3 fully saturated rings. The number of ether oxygens (including phenoxy) is 1. The minimum atomic E-state index is 0.0214. The molecule has 2 aliphatic heterocycles. The number of rotatable bonds is 5. The van der Waals surface area contributed by atoms with Gasteiger partial charge in [0.05, 0.1) is 12.6 Å². The molecule has 0 aromatic carbocycles. The number of aromatic nitrogens is 2. The van der Waals surface area contributed by atoms with Crippen molar-refractivity contribution in [1.29, 1.82) is 0 Å². The molecule has 27 heavy (non-hydrogen) atoms. The lowest BCUT2D eigenvalue weighted by Crippen LogP contribution is -2.48. The molecule has 1 saturated carbocycles. The maximum atomic E-state index is 12.2. The van der Waals surface area contributed by atoms with Crippen LogP contribution in [0, 0.1) is 5.41 Å². The first-order valence-corrected chi connectivity index (χ1v) is 10.2. The SMILES string of the molecule is COCCNC(=O)N1CCC2(CC1)CC(c1noc(C3CCC3)n1)N(C)C2. The summed E-state index contributed by atoms with van der Waals surface area (Å²) in [4.78, 5) is 21.3. The van der Waals surface area contributed by atoms with E-state index in [1.165, 1.54) is 19.3 Å². The Balaban J connectivity index is 1.33. The third-order valence-electron chi connectivity index (χ3n) is 6.65. The number of urea groups is 1. The number of amides is 2. The van der Waals surface area contributed by atoms with E-state index in [4.69, 9.17) is 14.2 Å². The van der Waals surface area contributed by atoms with Gasteiger partial charge < -0.3 is 19.5 Å². The summed E-state index contributed by atoms with van der Waals surface area (Å²) in [6.45, 7) is 3.74. The van der Waals surface area contributed by atoms with Gasteiger partial charge in [0.1, 0.15) is 0 Å². The lowest BCUT2D eigenvalue weighted by Gasteiger charge is -2.39. The van der Waals surface area contributed by atoms with Crippen LogP contribution in [0.15, 0.2) is 4.52 Å². The molecular weight excluding hydrogens is 346 g/mol. The van der Waals surface area contributed by atoms with Gasteiger partial charge in [0.2, 0.25) is 5.89 Å². The maximum absolute atomic E-state index is 12.2. The number of piperidine rings is 1. The lowest BCUT2D eigenvalue weighted by atomic mass is 9.76. The van der Waals surface area contributed by atoms with Crippen LogP contribution in [-0.4, -0.2) is 72.9 Å². The number of hydrogen-bond donors (Lipinski definition) is 1. The van der Waals surface area contributed by atoms with Gasteiger partial charge in [0, 0.05) is 39.2 Å². The summed E-state index contributed by atoms with van der Waals surface area (Å²) in [5, 5.41) is 7.22. The van der Waals surface area contributed by atoms with E-state index in [1.807, 2.05) is 4.90 Å².